The number of hydrogen-bond donors (Lipinski definition) is 1. The minimum atomic E-state index is -0.424. The van der Waals surface area contributed by atoms with Crippen molar-refractivity contribution in [2.24, 2.45) is 0 Å². The van der Waals surface area contributed by atoms with Crippen LogP contribution in [0.5, 0.6) is 5.75 Å². The van der Waals surface area contributed by atoms with Crippen LogP contribution in [0.2, 0.25) is 0 Å². The van der Waals surface area contributed by atoms with E-state index >= 15 is 0 Å². The first kappa shape index (κ1) is 20.9. The minimum Gasteiger partial charge on any atom is -0.497 e. The van der Waals surface area contributed by atoms with Gasteiger partial charge in [0.1, 0.15) is 18.1 Å². The number of ether oxygens (including phenoxy) is 1. The van der Waals surface area contributed by atoms with E-state index in [0.29, 0.717) is 28.1 Å². The molecule has 1 aromatic heterocycles. The van der Waals surface area contributed by atoms with Crippen LogP contribution in [0, 0.1) is 5.82 Å². The Morgan fingerprint density at radius 2 is 1.66 bits per heavy atom. The summed E-state index contributed by atoms with van der Waals surface area (Å²) >= 11 is 0. The molecule has 1 heterocycles. The lowest BCUT2D eigenvalue weighted by Gasteiger charge is -2.08. The minimum absolute atomic E-state index is 0.0938. The van der Waals surface area contributed by atoms with Crippen molar-refractivity contribution in [3.63, 3.8) is 0 Å². The Bertz CT molecular complexity index is 1250. The zero-order valence-electron chi connectivity index (χ0n) is 17.0. The third-order valence-corrected chi connectivity index (χ3v) is 4.67. The second kappa shape index (κ2) is 9.17. The average Bonchev–Trinajstić information content (AvgIpc) is 3.28. The van der Waals surface area contributed by atoms with Crippen LogP contribution in [0.25, 0.3) is 11.4 Å². The van der Waals surface area contributed by atoms with Gasteiger partial charge in [0, 0.05) is 16.7 Å². The van der Waals surface area contributed by atoms with Gasteiger partial charge in [-0.2, -0.15) is 4.80 Å². The zero-order valence-corrected chi connectivity index (χ0v) is 17.0. The van der Waals surface area contributed by atoms with E-state index in [1.165, 1.54) is 29.1 Å². The Kier molecular flexibility index (Phi) is 5.98. The van der Waals surface area contributed by atoms with Crippen molar-refractivity contribution >= 4 is 17.4 Å². The summed E-state index contributed by atoms with van der Waals surface area (Å²) in [5.74, 6) is -0.106. The molecule has 0 aliphatic heterocycles. The highest BCUT2D eigenvalue weighted by Gasteiger charge is 2.15. The number of hydrogen-bond acceptors (Lipinski definition) is 6. The van der Waals surface area contributed by atoms with E-state index in [9.17, 15) is 14.0 Å². The molecule has 1 N–H and O–H groups in total. The summed E-state index contributed by atoms with van der Waals surface area (Å²) in [6, 6.07) is 18.9. The first-order chi connectivity index (χ1) is 15.5. The molecule has 3 aromatic carbocycles. The number of methoxy groups -OCH3 is 1. The first-order valence-electron chi connectivity index (χ1n) is 9.65. The topological polar surface area (TPSA) is 99.0 Å². The predicted octanol–water partition coefficient (Wildman–Crippen LogP) is 3.62. The molecule has 1 amide bonds. The van der Waals surface area contributed by atoms with E-state index in [1.54, 1.807) is 55.6 Å². The summed E-state index contributed by atoms with van der Waals surface area (Å²) in [5.41, 5.74) is 1.80. The van der Waals surface area contributed by atoms with Crippen molar-refractivity contribution in [1.82, 2.24) is 20.2 Å². The number of aromatic nitrogens is 4. The van der Waals surface area contributed by atoms with E-state index < -0.39 is 11.7 Å². The Balaban J connectivity index is 1.50. The normalized spacial score (nSPS) is 10.6. The van der Waals surface area contributed by atoms with Crippen molar-refractivity contribution in [2.45, 2.75) is 6.54 Å². The SMILES string of the molecule is COc1ccc(C(=O)Cn2nnc(-c3ccccc3NC(=O)c3ccc(F)cc3)n2)cc1. The molecule has 0 saturated carbocycles. The maximum Gasteiger partial charge on any atom is 0.255 e. The van der Waals surface area contributed by atoms with Crippen LogP contribution < -0.4 is 10.1 Å². The number of tetrazole rings is 1. The van der Waals surface area contributed by atoms with Gasteiger partial charge in [0.25, 0.3) is 5.91 Å². The van der Waals surface area contributed by atoms with Crippen molar-refractivity contribution in [3.8, 4) is 17.1 Å². The van der Waals surface area contributed by atoms with Crippen LogP contribution in [0.4, 0.5) is 10.1 Å². The number of nitrogens with one attached hydrogen (secondary N) is 1. The largest absolute Gasteiger partial charge is 0.497 e. The summed E-state index contributed by atoms with van der Waals surface area (Å²) in [5, 5.41) is 15.0. The fourth-order valence-electron chi connectivity index (χ4n) is 3.00. The molecule has 0 atom stereocenters. The van der Waals surface area contributed by atoms with Gasteiger partial charge in [0.05, 0.1) is 12.8 Å². The molecule has 0 bridgehead atoms. The number of ketones is 1. The van der Waals surface area contributed by atoms with Crippen LogP contribution in [0.3, 0.4) is 0 Å². The maximum atomic E-state index is 13.1. The van der Waals surface area contributed by atoms with Gasteiger partial charge in [-0.15, -0.1) is 10.2 Å². The zero-order chi connectivity index (χ0) is 22.5. The highest BCUT2D eigenvalue weighted by Crippen LogP contribution is 2.25. The second-order valence-corrected chi connectivity index (χ2v) is 6.80. The highest BCUT2D eigenvalue weighted by atomic mass is 19.1. The van der Waals surface area contributed by atoms with E-state index in [-0.39, 0.29) is 18.2 Å². The fraction of sp³-hybridized carbons (Fsp3) is 0.0870. The van der Waals surface area contributed by atoms with Gasteiger partial charge in [-0.25, -0.2) is 4.39 Å². The van der Waals surface area contributed by atoms with Gasteiger partial charge in [0.2, 0.25) is 5.82 Å². The van der Waals surface area contributed by atoms with E-state index in [1.807, 2.05) is 0 Å². The van der Waals surface area contributed by atoms with Gasteiger partial charge < -0.3 is 10.1 Å². The first-order valence-corrected chi connectivity index (χ1v) is 9.65. The van der Waals surface area contributed by atoms with Crippen LogP contribution >= 0.6 is 0 Å². The Labute approximate surface area is 182 Å². The molecule has 160 valence electrons. The van der Waals surface area contributed by atoms with E-state index in [0.717, 1.165) is 0 Å². The Morgan fingerprint density at radius 3 is 2.38 bits per heavy atom. The summed E-state index contributed by atoms with van der Waals surface area (Å²) in [4.78, 5) is 26.2. The molecule has 0 aliphatic rings. The Morgan fingerprint density at radius 1 is 0.969 bits per heavy atom. The second-order valence-electron chi connectivity index (χ2n) is 6.80. The van der Waals surface area contributed by atoms with Crippen LogP contribution in [0.1, 0.15) is 20.7 Å². The molecule has 0 fully saturated rings. The number of benzene rings is 3. The molecule has 8 nitrogen and oxygen atoms in total. The highest BCUT2D eigenvalue weighted by molar-refractivity contribution is 6.06. The van der Waals surface area contributed by atoms with E-state index in [4.69, 9.17) is 4.74 Å². The number of nitrogens with zero attached hydrogens (tertiary/aromatic N) is 4. The number of halogens is 1. The molecule has 0 unspecified atom stereocenters. The van der Waals surface area contributed by atoms with Crippen molar-refractivity contribution in [2.75, 3.05) is 12.4 Å². The maximum absolute atomic E-state index is 13.1. The van der Waals surface area contributed by atoms with Gasteiger partial charge in [-0.3, -0.25) is 9.59 Å². The lowest BCUT2D eigenvalue weighted by atomic mass is 10.1. The standard InChI is InChI=1S/C23H18FN5O3/c1-32-18-12-8-15(9-13-18)21(30)14-29-27-22(26-28-29)19-4-2-3-5-20(19)25-23(31)16-6-10-17(24)11-7-16/h2-13H,14H2,1H3,(H,25,31). The van der Waals surface area contributed by atoms with Gasteiger partial charge in [-0.05, 0) is 65.9 Å². The van der Waals surface area contributed by atoms with Crippen LogP contribution in [-0.4, -0.2) is 39.0 Å². The number of carbonyl (C=O) groups is 2. The summed E-state index contributed by atoms with van der Waals surface area (Å²) in [7, 11) is 1.55. The van der Waals surface area contributed by atoms with Gasteiger partial charge in [-0.1, -0.05) is 12.1 Å². The number of amides is 1. The number of para-hydroxylation sites is 1. The number of anilines is 1. The molecule has 0 saturated heterocycles. The lowest BCUT2D eigenvalue weighted by molar-refractivity contribution is 0.0960. The van der Waals surface area contributed by atoms with E-state index in [2.05, 4.69) is 20.7 Å². The van der Waals surface area contributed by atoms with Crippen LogP contribution in [0.15, 0.2) is 72.8 Å². The third-order valence-electron chi connectivity index (χ3n) is 4.67. The molecule has 0 radical (unpaired) electrons. The van der Waals surface area contributed by atoms with Gasteiger partial charge in [0.15, 0.2) is 5.78 Å². The Hall–Kier alpha value is -4.40. The molecule has 32 heavy (non-hydrogen) atoms. The van der Waals surface area contributed by atoms with Crippen molar-refractivity contribution in [3.05, 3.63) is 89.7 Å². The smallest absolute Gasteiger partial charge is 0.255 e. The molecule has 9 heteroatoms. The number of carbonyl (C=O) groups excluding carboxylic acids is 2. The fourth-order valence-corrected chi connectivity index (χ4v) is 3.00. The lowest BCUT2D eigenvalue weighted by Crippen LogP contribution is -2.13. The number of Topliss-reactive ketones (excluding diaryl/α,β-unsaturated/α-hetero) is 1. The predicted molar refractivity (Wildman–Crippen MR) is 115 cm³/mol. The number of rotatable bonds is 7. The molecule has 4 rings (SSSR count). The molecule has 4 aromatic rings. The molecular formula is C23H18FN5O3. The quantitative estimate of drug-likeness (QED) is 0.449. The third kappa shape index (κ3) is 4.67. The average molecular weight is 431 g/mol. The summed E-state index contributed by atoms with van der Waals surface area (Å²) < 4.78 is 18.2. The molecule has 0 spiro atoms. The van der Waals surface area contributed by atoms with Crippen LogP contribution in [-0.2, 0) is 6.54 Å². The summed E-state index contributed by atoms with van der Waals surface area (Å²) in [6.07, 6.45) is 0. The van der Waals surface area contributed by atoms with Crippen molar-refractivity contribution in [1.29, 1.82) is 0 Å². The monoisotopic (exact) mass is 431 g/mol. The van der Waals surface area contributed by atoms with Crippen molar-refractivity contribution < 1.29 is 18.7 Å². The molecular weight excluding hydrogens is 413 g/mol. The molecule has 0 aliphatic carbocycles. The summed E-state index contributed by atoms with van der Waals surface area (Å²) in [6.45, 7) is -0.0938. The van der Waals surface area contributed by atoms with Gasteiger partial charge >= 0.3 is 0 Å².